The van der Waals surface area contributed by atoms with E-state index in [-0.39, 0.29) is 0 Å². The smallest absolute Gasteiger partial charge is 0.0197 e. The highest BCUT2D eigenvalue weighted by atomic mass is 15.7. The summed E-state index contributed by atoms with van der Waals surface area (Å²) in [6.07, 6.45) is 0. The standard InChI is InChI=1S/C4H14N4/c1-4(2)8(3)7-6-5/h4,6-7H,5H2,1-3H3. The average Bonchev–Trinajstić information content (AvgIpc) is 1.67. The minimum absolute atomic E-state index is 0.450. The number of hydrazine groups is 3. The van der Waals surface area contributed by atoms with E-state index in [1.807, 2.05) is 12.1 Å². The Kier molecular flexibility index (Phi) is 3.72. The normalized spacial score (nSPS) is 11.2. The second kappa shape index (κ2) is 3.80. The van der Waals surface area contributed by atoms with E-state index >= 15 is 0 Å². The third-order valence-corrected chi connectivity index (χ3v) is 1.02. The van der Waals surface area contributed by atoms with Crippen molar-refractivity contribution in [1.82, 2.24) is 16.1 Å². The van der Waals surface area contributed by atoms with Gasteiger partial charge in [0.25, 0.3) is 0 Å². The highest BCUT2D eigenvalue weighted by Gasteiger charge is 1.97. The van der Waals surface area contributed by atoms with Crippen molar-refractivity contribution in [3.63, 3.8) is 0 Å². The van der Waals surface area contributed by atoms with Crippen molar-refractivity contribution in [2.75, 3.05) is 7.05 Å². The molecule has 0 atom stereocenters. The van der Waals surface area contributed by atoms with Crippen molar-refractivity contribution in [2.24, 2.45) is 5.84 Å². The minimum atomic E-state index is 0.450. The van der Waals surface area contributed by atoms with Gasteiger partial charge >= 0.3 is 0 Å². The molecule has 0 rings (SSSR count). The first-order valence-corrected chi connectivity index (χ1v) is 2.62. The predicted molar refractivity (Wildman–Crippen MR) is 33.4 cm³/mol. The van der Waals surface area contributed by atoms with Crippen molar-refractivity contribution in [1.29, 1.82) is 0 Å². The maximum absolute atomic E-state index is 4.96. The number of nitrogens with zero attached hydrogens (tertiary/aromatic N) is 1. The molecule has 8 heavy (non-hydrogen) atoms. The van der Waals surface area contributed by atoms with Crippen LogP contribution in [-0.2, 0) is 0 Å². The fourth-order valence-electron chi connectivity index (χ4n) is 0.231. The zero-order chi connectivity index (χ0) is 6.57. The molecule has 0 radical (unpaired) electrons. The second-order valence-corrected chi connectivity index (χ2v) is 1.96. The molecule has 0 bridgehead atoms. The molecule has 0 saturated heterocycles. The SMILES string of the molecule is CC(C)N(C)NNN. The summed E-state index contributed by atoms with van der Waals surface area (Å²) in [5.41, 5.74) is 5.03. The Morgan fingerprint density at radius 3 is 2.12 bits per heavy atom. The Balaban J connectivity index is 3.17. The molecule has 0 heterocycles. The molecule has 4 nitrogen and oxygen atoms in total. The number of hydrogen-bond donors (Lipinski definition) is 3. The summed E-state index contributed by atoms with van der Waals surface area (Å²) in [7, 11) is 1.91. The van der Waals surface area contributed by atoms with Gasteiger partial charge in [0.15, 0.2) is 0 Å². The molecule has 0 aromatic heterocycles. The van der Waals surface area contributed by atoms with E-state index < -0.39 is 0 Å². The predicted octanol–water partition coefficient (Wildman–Crippen LogP) is -0.790. The van der Waals surface area contributed by atoms with Crippen LogP contribution in [0.1, 0.15) is 13.8 Å². The molecule has 0 spiro atoms. The van der Waals surface area contributed by atoms with Gasteiger partial charge in [-0.25, -0.2) is 5.01 Å². The number of hydrogen-bond acceptors (Lipinski definition) is 4. The van der Waals surface area contributed by atoms with Gasteiger partial charge in [0, 0.05) is 13.1 Å². The first-order valence-electron chi connectivity index (χ1n) is 2.62. The van der Waals surface area contributed by atoms with Crippen LogP contribution in [0.5, 0.6) is 0 Å². The van der Waals surface area contributed by atoms with Gasteiger partial charge in [-0.15, -0.1) is 0 Å². The van der Waals surface area contributed by atoms with Gasteiger partial charge in [-0.05, 0) is 13.8 Å². The molecular weight excluding hydrogens is 104 g/mol. The first-order chi connectivity index (χ1) is 3.68. The number of nitrogens with two attached hydrogens (primary N) is 1. The first kappa shape index (κ1) is 7.84. The molecule has 0 aliphatic heterocycles. The van der Waals surface area contributed by atoms with Crippen LogP contribution in [0.4, 0.5) is 0 Å². The molecule has 0 aromatic rings. The maximum Gasteiger partial charge on any atom is 0.0197 e. The third-order valence-electron chi connectivity index (χ3n) is 1.02. The monoisotopic (exact) mass is 118 g/mol. The lowest BCUT2D eigenvalue weighted by molar-refractivity contribution is 0.152. The van der Waals surface area contributed by atoms with Gasteiger partial charge < -0.3 is 0 Å². The molecule has 0 aliphatic carbocycles. The van der Waals surface area contributed by atoms with E-state index in [9.17, 15) is 0 Å². The third kappa shape index (κ3) is 2.92. The van der Waals surface area contributed by atoms with Gasteiger partial charge in [-0.2, -0.15) is 11.1 Å². The molecule has 4 N–H and O–H groups in total. The van der Waals surface area contributed by atoms with Gasteiger partial charge in [-0.1, -0.05) is 0 Å². The molecule has 0 aromatic carbocycles. The molecule has 0 aliphatic rings. The fraction of sp³-hybridized carbons (Fsp3) is 1.00. The average molecular weight is 118 g/mol. The van der Waals surface area contributed by atoms with E-state index in [4.69, 9.17) is 5.84 Å². The zero-order valence-corrected chi connectivity index (χ0v) is 5.60. The summed E-state index contributed by atoms with van der Waals surface area (Å²) in [6.45, 7) is 4.12. The highest BCUT2D eigenvalue weighted by Crippen LogP contribution is 1.83. The Hall–Kier alpha value is -0.160. The van der Waals surface area contributed by atoms with E-state index in [0.717, 1.165) is 0 Å². The highest BCUT2D eigenvalue weighted by molar-refractivity contribution is 4.45. The van der Waals surface area contributed by atoms with Gasteiger partial charge in [-0.3, -0.25) is 5.84 Å². The minimum Gasteiger partial charge on any atom is -0.257 e. The van der Waals surface area contributed by atoms with E-state index in [2.05, 4.69) is 24.9 Å². The van der Waals surface area contributed by atoms with Crippen molar-refractivity contribution < 1.29 is 0 Å². The summed E-state index contributed by atoms with van der Waals surface area (Å²) in [6, 6.07) is 0.450. The lowest BCUT2D eigenvalue weighted by Gasteiger charge is -2.20. The molecule has 0 unspecified atom stereocenters. The van der Waals surface area contributed by atoms with Crippen molar-refractivity contribution in [2.45, 2.75) is 19.9 Å². The lowest BCUT2D eigenvalue weighted by Crippen LogP contribution is -2.50. The molecule has 0 fully saturated rings. The largest absolute Gasteiger partial charge is 0.257 e. The van der Waals surface area contributed by atoms with E-state index in [0.29, 0.717) is 6.04 Å². The van der Waals surface area contributed by atoms with Gasteiger partial charge in [0.05, 0.1) is 0 Å². The van der Waals surface area contributed by atoms with E-state index in [1.54, 1.807) is 0 Å². The maximum atomic E-state index is 4.96. The summed E-state index contributed by atoms with van der Waals surface area (Å²) in [5.74, 6) is 4.96. The topological polar surface area (TPSA) is 53.3 Å². The molecule has 4 heteroatoms. The number of rotatable bonds is 3. The van der Waals surface area contributed by atoms with Crippen LogP contribution in [0.15, 0.2) is 0 Å². The molecule has 50 valence electrons. The van der Waals surface area contributed by atoms with Crippen molar-refractivity contribution in [3.05, 3.63) is 0 Å². The van der Waals surface area contributed by atoms with Crippen LogP contribution in [-0.4, -0.2) is 18.1 Å². The Morgan fingerprint density at radius 1 is 1.50 bits per heavy atom. The molecule has 0 amide bonds. The van der Waals surface area contributed by atoms with Crippen LogP contribution < -0.4 is 16.9 Å². The van der Waals surface area contributed by atoms with Crippen LogP contribution in [0, 0.1) is 0 Å². The van der Waals surface area contributed by atoms with E-state index in [1.165, 1.54) is 0 Å². The van der Waals surface area contributed by atoms with Crippen LogP contribution in [0.25, 0.3) is 0 Å². The van der Waals surface area contributed by atoms with Crippen LogP contribution >= 0.6 is 0 Å². The second-order valence-electron chi connectivity index (χ2n) is 1.96. The fourth-order valence-corrected chi connectivity index (χ4v) is 0.231. The summed E-state index contributed by atoms with van der Waals surface area (Å²) >= 11 is 0. The Labute approximate surface area is 49.9 Å². The Bertz CT molecular complexity index is 54.0. The van der Waals surface area contributed by atoms with Crippen molar-refractivity contribution >= 4 is 0 Å². The summed E-state index contributed by atoms with van der Waals surface area (Å²) in [5, 5.41) is 1.86. The quantitative estimate of drug-likeness (QED) is 0.336. The molecule has 0 saturated carbocycles. The number of nitrogens with one attached hydrogen (secondary N) is 2. The van der Waals surface area contributed by atoms with Gasteiger partial charge in [0.1, 0.15) is 0 Å². The molecular formula is C4H14N4. The lowest BCUT2D eigenvalue weighted by atomic mass is 10.4. The van der Waals surface area contributed by atoms with Crippen molar-refractivity contribution in [3.8, 4) is 0 Å². The Morgan fingerprint density at radius 2 is 2.00 bits per heavy atom. The summed E-state index contributed by atoms with van der Waals surface area (Å²) < 4.78 is 0. The van der Waals surface area contributed by atoms with Crippen LogP contribution in [0.3, 0.4) is 0 Å². The zero-order valence-electron chi connectivity index (χ0n) is 5.60. The van der Waals surface area contributed by atoms with Crippen LogP contribution in [0.2, 0.25) is 0 Å². The summed E-state index contributed by atoms with van der Waals surface area (Å²) in [4.78, 5) is 0. The van der Waals surface area contributed by atoms with Gasteiger partial charge in [0.2, 0.25) is 0 Å².